The van der Waals surface area contributed by atoms with E-state index in [4.69, 9.17) is 5.73 Å². The first-order valence-electron chi connectivity index (χ1n) is 5.56. The summed E-state index contributed by atoms with van der Waals surface area (Å²) in [5, 5.41) is 19.5. The molecular weight excluding hydrogens is 264 g/mol. The van der Waals surface area contributed by atoms with E-state index in [1.54, 1.807) is 0 Å². The molecule has 4 N–H and O–H groups in total. The maximum Gasteiger partial charge on any atom is 0.163 e. The number of benzene rings is 1. The zero-order valence-electron chi connectivity index (χ0n) is 9.64. The molecule has 3 nitrogen and oxygen atoms in total. The Kier molecular flexibility index (Phi) is 4.66. The van der Waals surface area contributed by atoms with Crippen LogP contribution in [0.25, 0.3) is 0 Å². The van der Waals surface area contributed by atoms with Crippen LogP contribution in [0, 0.1) is 11.6 Å². The molecule has 0 aliphatic heterocycles. The average molecular weight is 280 g/mol. The maximum atomic E-state index is 13.7. The molecule has 18 heavy (non-hydrogen) atoms. The van der Waals surface area contributed by atoms with Gasteiger partial charge in [-0.25, -0.2) is 8.78 Å². The van der Waals surface area contributed by atoms with E-state index in [1.165, 1.54) is 12.1 Å². The molecule has 1 aromatic carbocycles. The van der Waals surface area contributed by atoms with Gasteiger partial charge in [-0.2, -0.15) is 0 Å². The first-order chi connectivity index (χ1) is 7.97. The standard InChI is InChI=1S/C12H15F2NO2.ClH/c13-8-4-1-3-7(10(8)14)12(15)6-2-5-9(16)11(12)17;/h1,3-4,9,11,16-17H,2,5-6,15H2;1H. The summed E-state index contributed by atoms with van der Waals surface area (Å²) >= 11 is 0. The monoisotopic (exact) mass is 279 g/mol. The maximum absolute atomic E-state index is 13.7. The van der Waals surface area contributed by atoms with Crippen molar-refractivity contribution in [2.75, 3.05) is 0 Å². The van der Waals surface area contributed by atoms with E-state index in [2.05, 4.69) is 0 Å². The lowest BCUT2D eigenvalue weighted by molar-refractivity contribution is -0.0606. The van der Waals surface area contributed by atoms with Crippen LogP contribution < -0.4 is 5.73 Å². The Hall–Kier alpha value is -0.750. The van der Waals surface area contributed by atoms with Crippen molar-refractivity contribution in [3.8, 4) is 0 Å². The predicted molar refractivity (Wildman–Crippen MR) is 65.3 cm³/mol. The highest BCUT2D eigenvalue weighted by molar-refractivity contribution is 5.85. The summed E-state index contributed by atoms with van der Waals surface area (Å²) in [7, 11) is 0. The Balaban J connectivity index is 0.00000162. The topological polar surface area (TPSA) is 66.5 Å². The first-order valence-corrected chi connectivity index (χ1v) is 5.56. The average Bonchev–Trinajstić information content (AvgIpc) is 2.29. The predicted octanol–water partition coefficient (Wildman–Crippen LogP) is 1.45. The molecule has 1 aliphatic rings. The van der Waals surface area contributed by atoms with Crippen molar-refractivity contribution in [3.05, 3.63) is 35.4 Å². The molecule has 3 unspecified atom stereocenters. The molecule has 102 valence electrons. The lowest BCUT2D eigenvalue weighted by Crippen LogP contribution is -2.56. The largest absolute Gasteiger partial charge is 0.390 e. The number of rotatable bonds is 1. The van der Waals surface area contributed by atoms with Gasteiger partial charge in [0.05, 0.1) is 11.6 Å². The quantitative estimate of drug-likeness (QED) is 0.729. The van der Waals surface area contributed by atoms with Crippen molar-refractivity contribution >= 4 is 12.4 Å². The number of hydrogen-bond acceptors (Lipinski definition) is 3. The summed E-state index contributed by atoms with van der Waals surface area (Å²) in [6, 6.07) is 3.68. The van der Waals surface area contributed by atoms with Crippen molar-refractivity contribution in [3.63, 3.8) is 0 Å². The summed E-state index contributed by atoms with van der Waals surface area (Å²) in [4.78, 5) is 0. The second-order valence-corrected chi connectivity index (χ2v) is 4.55. The summed E-state index contributed by atoms with van der Waals surface area (Å²) < 4.78 is 26.8. The molecule has 0 bridgehead atoms. The molecule has 1 saturated carbocycles. The summed E-state index contributed by atoms with van der Waals surface area (Å²) in [5.74, 6) is -2.05. The van der Waals surface area contributed by atoms with E-state index < -0.39 is 29.4 Å². The summed E-state index contributed by atoms with van der Waals surface area (Å²) in [6.07, 6.45) is -1.00. The Bertz CT molecular complexity index is 433. The van der Waals surface area contributed by atoms with Crippen LogP contribution in [0.3, 0.4) is 0 Å². The van der Waals surface area contributed by atoms with E-state index in [-0.39, 0.29) is 18.0 Å². The molecule has 1 aromatic rings. The molecule has 6 heteroatoms. The Labute approximate surface area is 110 Å². The third-order valence-electron chi connectivity index (χ3n) is 3.44. The molecule has 0 aromatic heterocycles. The molecule has 0 spiro atoms. The second kappa shape index (κ2) is 5.48. The highest BCUT2D eigenvalue weighted by atomic mass is 35.5. The fraction of sp³-hybridized carbons (Fsp3) is 0.500. The number of aliphatic hydroxyl groups excluding tert-OH is 2. The van der Waals surface area contributed by atoms with Crippen molar-refractivity contribution in [2.45, 2.75) is 37.0 Å². The Morgan fingerprint density at radius 2 is 1.94 bits per heavy atom. The van der Waals surface area contributed by atoms with E-state index >= 15 is 0 Å². The van der Waals surface area contributed by atoms with Crippen LogP contribution in [0.4, 0.5) is 8.78 Å². The van der Waals surface area contributed by atoms with Crippen molar-refractivity contribution in [2.24, 2.45) is 5.73 Å². The van der Waals surface area contributed by atoms with Gasteiger partial charge in [-0.1, -0.05) is 12.1 Å². The molecule has 0 amide bonds. The van der Waals surface area contributed by atoms with Crippen LogP contribution in [-0.4, -0.2) is 22.4 Å². The molecule has 0 heterocycles. The van der Waals surface area contributed by atoms with Crippen LogP contribution in [0.5, 0.6) is 0 Å². The van der Waals surface area contributed by atoms with Crippen LogP contribution in [0.1, 0.15) is 24.8 Å². The van der Waals surface area contributed by atoms with Crippen molar-refractivity contribution in [1.29, 1.82) is 0 Å². The minimum absolute atomic E-state index is 0. The molecule has 1 aliphatic carbocycles. The van der Waals surface area contributed by atoms with Gasteiger partial charge in [0.15, 0.2) is 11.6 Å². The second-order valence-electron chi connectivity index (χ2n) is 4.55. The molecule has 0 saturated heterocycles. The van der Waals surface area contributed by atoms with Gasteiger partial charge in [0.2, 0.25) is 0 Å². The third kappa shape index (κ3) is 2.36. The SMILES string of the molecule is Cl.NC1(c2cccc(F)c2F)CCCC(O)C1O. The molecule has 1 fully saturated rings. The van der Waals surface area contributed by atoms with Gasteiger partial charge in [0.25, 0.3) is 0 Å². The molecule has 3 atom stereocenters. The smallest absolute Gasteiger partial charge is 0.163 e. The van der Waals surface area contributed by atoms with E-state index in [1.807, 2.05) is 0 Å². The fourth-order valence-electron chi connectivity index (χ4n) is 2.41. The summed E-state index contributed by atoms with van der Waals surface area (Å²) in [5.41, 5.74) is 4.46. The minimum Gasteiger partial charge on any atom is -0.390 e. The minimum atomic E-state index is -1.43. The van der Waals surface area contributed by atoms with Gasteiger partial charge >= 0.3 is 0 Å². The lowest BCUT2D eigenvalue weighted by Gasteiger charge is -2.41. The lowest BCUT2D eigenvalue weighted by atomic mass is 9.73. The van der Waals surface area contributed by atoms with E-state index in [0.29, 0.717) is 19.3 Å². The zero-order chi connectivity index (χ0) is 12.6. The summed E-state index contributed by atoms with van der Waals surface area (Å²) in [6.45, 7) is 0. The van der Waals surface area contributed by atoms with Gasteiger partial charge in [-0.15, -0.1) is 12.4 Å². The van der Waals surface area contributed by atoms with Crippen LogP contribution in [-0.2, 0) is 5.54 Å². The van der Waals surface area contributed by atoms with Crippen LogP contribution in [0.2, 0.25) is 0 Å². The number of aliphatic hydroxyl groups is 2. The van der Waals surface area contributed by atoms with Crippen LogP contribution in [0.15, 0.2) is 18.2 Å². The Morgan fingerprint density at radius 1 is 1.28 bits per heavy atom. The number of hydrogen-bond donors (Lipinski definition) is 3. The normalized spacial score (nSPS) is 31.8. The van der Waals surface area contributed by atoms with Gasteiger partial charge in [-0.3, -0.25) is 0 Å². The van der Waals surface area contributed by atoms with Crippen molar-refractivity contribution in [1.82, 2.24) is 0 Å². The molecule has 2 rings (SSSR count). The van der Waals surface area contributed by atoms with E-state index in [9.17, 15) is 19.0 Å². The number of nitrogens with two attached hydrogens (primary N) is 1. The van der Waals surface area contributed by atoms with Crippen molar-refractivity contribution < 1.29 is 19.0 Å². The fourth-order valence-corrected chi connectivity index (χ4v) is 2.41. The number of halogens is 3. The highest BCUT2D eigenvalue weighted by Gasteiger charge is 2.44. The Morgan fingerprint density at radius 3 is 2.61 bits per heavy atom. The van der Waals surface area contributed by atoms with Gasteiger partial charge in [-0.05, 0) is 25.3 Å². The van der Waals surface area contributed by atoms with Gasteiger partial charge in [0.1, 0.15) is 6.10 Å². The van der Waals surface area contributed by atoms with Gasteiger partial charge in [0, 0.05) is 5.56 Å². The first kappa shape index (κ1) is 15.3. The molecule has 0 radical (unpaired) electrons. The van der Waals surface area contributed by atoms with Gasteiger partial charge < -0.3 is 15.9 Å². The zero-order valence-corrected chi connectivity index (χ0v) is 10.5. The van der Waals surface area contributed by atoms with E-state index in [0.717, 1.165) is 6.07 Å². The third-order valence-corrected chi connectivity index (χ3v) is 3.44. The van der Waals surface area contributed by atoms with Crippen LogP contribution >= 0.6 is 12.4 Å². The molecular formula is C12H16ClF2NO2. The highest BCUT2D eigenvalue weighted by Crippen LogP contribution is 2.36.